The number of likely N-dealkylation sites (tertiary alicyclic amines) is 1. The van der Waals surface area contributed by atoms with Crippen LogP contribution < -0.4 is 14.5 Å². The average Bonchev–Trinajstić information content (AvgIpc) is 3.33. The normalized spacial score (nSPS) is 28.2. The van der Waals surface area contributed by atoms with Gasteiger partial charge in [-0.3, -0.25) is 14.4 Å². The Morgan fingerprint density at radius 1 is 1.02 bits per heavy atom. The number of rotatable bonds is 8. The summed E-state index contributed by atoms with van der Waals surface area (Å²) in [6.45, 7) is 8.54. The average molecular weight is 634 g/mol. The molecule has 45 heavy (non-hydrogen) atoms. The second kappa shape index (κ2) is 12.3. The molecule has 238 valence electrons. The molecular weight excluding hydrogens is 594 g/mol. The van der Waals surface area contributed by atoms with E-state index < -0.39 is 35.6 Å². The molecule has 4 aliphatic rings. The van der Waals surface area contributed by atoms with E-state index in [0.717, 1.165) is 5.56 Å². The zero-order valence-corrected chi connectivity index (χ0v) is 26.8. The first kappa shape index (κ1) is 31.3. The minimum atomic E-state index is -1.42. The van der Waals surface area contributed by atoms with Gasteiger partial charge in [0.05, 0.1) is 47.9 Å². The van der Waals surface area contributed by atoms with Crippen molar-refractivity contribution in [3.63, 3.8) is 0 Å². The number of aliphatic hydroxyl groups excluding tert-OH is 1. The van der Waals surface area contributed by atoms with E-state index in [9.17, 15) is 19.5 Å². The molecule has 3 amide bonds. The van der Waals surface area contributed by atoms with E-state index >= 15 is 0 Å². The number of aliphatic hydroxyl groups is 1. The molecule has 10 heteroatoms. The van der Waals surface area contributed by atoms with Gasteiger partial charge in [0, 0.05) is 18.8 Å². The van der Waals surface area contributed by atoms with Crippen LogP contribution >= 0.6 is 11.6 Å². The molecule has 4 aliphatic heterocycles. The van der Waals surface area contributed by atoms with E-state index in [2.05, 4.69) is 0 Å². The molecule has 0 bridgehead atoms. The molecule has 0 radical (unpaired) electrons. The Hall–Kier alpha value is -3.66. The highest BCUT2D eigenvalue weighted by Crippen LogP contribution is 2.55. The van der Waals surface area contributed by atoms with Crippen LogP contribution in [0, 0.1) is 24.7 Å². The number of fused-ring (bicyclic) bond motifs is 2. The quantitative estimate of drug-likeness (QED) is 0.429. The summed E-state index contributed by atoms with van der Waals surface area (Å²) in [6, 6.07) is 11.0. The van der Waals surface area contributed by atoms with Gasteiger partial charge < -0.3 is 29.3 Å². The summed E-state index contributed by atoms with van der Waals surface area (Å²) in [7, 11) is 0. The molecule has 2 aromatic carbocycles. The molecule has 0 aromatic heterocycles. The minimum Gasteiger partial charge on any atom is -0.494 e. The number of carbonyl (C=O) groups is 3. The van der Waals surface area contributed by atoms with Gasteiger partial charge in [0.15, 0.2) is 0 Å². The third kappa shape index (κ3) is 5.15. The summed E-state index contributed by atoms with van der Waals surface area (Å²) in [5, 5.41) is 11.0. The Morgan fingerprint density at radius 2 is 1.76 bits per heavy atom. The molecular formula is C35H40ClN3O6. The molecule has 2 aromatic rings. The highest BCUT2D eigenvalue weighted by atomic mass is 35.5. The molecule has 6 atom stereocenters. The van der Waals surface area contributed by atoms with Gasteiger partial charge >= 0.3 is 0 Å². The van der Waals surface area contributed by atoms with Gasteiger partial charge in [-0.1, -0.05) is 61.9 Å². The minimum absolute atomic E-state index is 0.135. The standard InChI is InChI=1S/C35H40ClN3O6/c1-5-44-25-14-12-23(13-15-25)37-17-7-11-27-28(32(37)41)29-33(42)39(24(20-40)19-21(2)3)31-34(43)38(18-8-16-35(29,31)45-27)30-22(4)9-6-10-26(30)36/h6-16,21,24,27-29,31,40H,5,17-20H2,1-4H3/t24-,27+,28-,29+,31?,35+/m1/s1. The summed E-state index contributed by atoms with van der Waals surface area (Å²) in [6.07, 6.45) is 7.13. The Kier molecular flexibility index (Phi) is 8.54. The lowest BCUT2D eigenvalue weighted by molar-refractivity contribution is -0.144. The van der Waals surface area contributed by atoms with Gasteiger partial charge in [0.1, 0.15) is 17.4 Å². The van der Waals surface area contributed by atoms with Crippen LogP contribution in [0.5, 0.6) is 5.75 Å². The van der Waals surface area contributed by atoms with E-state index in [4.69, 9.17) is 21.1 Å². The fourth-order valence-electron chi connectivity index (χ4n) is 7.58. The number of aryl methyl sites for hydroxylation is 1. The maximum atomic E-state index is 14.8. The second-order valence-corrected chi connectivity index (χ2v) is 13.0. The first-order valence-electron chi connectivity index (χ1n) is 15.7. The summed E-state index contributed by atoms with van der Waals surface area (Å²) >= 11 is 6.66. The highest BCUT2D eigenvalue weighted by Gasteiger charge is 2.72. The van der Waals surface area contributed by atoms with Gasteiger partial charge in [0.2, 0.25) is 11.8 Å². The van der Waals surface area contributed by atoms with Crippen molar-refractivity contribution in [3.8, 4) is 5.75 Å². The maximum Gasteiger partial charge on any atom is 0.253 e. The lowest BCUT2D eigenvalue weighted by Gasteiger charge is -2.39. The topological polar surface area (TPSA) is 99.6 Å². The van der Waals surface area contributed by atoms with Gasteiger partial charge in [-0.15, -0.1) is 0 Å². The first-order chi connectivity index (χ1) is 21.6. The van der Waals surface area contributed by atoms with E-state index in [1.165, 1.54) is 4.90 Å². The number of halogens is 1. The number of benzene rings is 2. The molecule has 0 saturated carbocycles. The van der Waals surface area contributed by atoms with Crippen LogP contribution in [0.4, 0.5) is 11.4 Å². The molecule has 0 aliphatic carbocycles. The number of hydrogen-bond acceptors (Lipinski definition) is 6. The molecule has 1 spiro atoms. The van der Waals surface area contributed by atoms with Crippen molar-refractivity contribution >= 4 is 40.7 Å². The highest BCUT2D eigenvalue weighted by molar-refractivity contribution is 6.34. The number of para-hydroxylation sites is 1. The Balaban J connectivity index is 1.45. The van der Waals surface area contributed by atoms with Crippen molar-refractivity contribution < 1.29 is 29.0 Å². The van der Waals surface area contributed by atoms with Crippen LogP contribution in [0.25, 0.3) is 0 Å². The van der Waals surface area contributed by atoms with E-state index in [0.29, 0.717) is 41.7 Å². The van der Waals surface area contributed by atoms with Crippen molar-refractivity contribution in [1.82, 2.24) is 4.90 Å². The number of anilines is 2. The number of ether oxygens (including phenoxy) is 2. The fraction of sp³-hybridized carbons (Fsp3) is 0.457. The van der Waals surface area contributed by atoms with Crippen molar-refractivity contribution in [1.29, 1.82) is 0 Å². The van der Waals surface area contributed by atoms with Gasteiger partial charge in [-0.05, 0) is 62.1 Å². The Bertz CT molecular complexity index is 1520. The summed E-state index contributed by atoms with van der Waals surface area (Å²) in [4.78, 5) is 48.8. The monoisotopic (exact) mass is 633 g/mol. The Labute approximate surface area is 269 Å². The second-order valence-electron chi connectivity index (χ2n) is 12.6. The SMILES string of the molecule is CCOc1ccc(N2CC=C[C@@H]3O[C@]45C=CCN(c6c(C)cccc6Cl)C(=O)C4N([C@@H](CO)CC(C)C)C(=O)[C@@H]5[C@@H]3C2=O)cc1. The largest absolute Gasteiger partial charge is 0.494 e. The van der Waals surface area contributed by atoms with Gasteiger partial charge in [-0.25, -0.2) is 0 Å². The predicted octanol–water partition coefficient (Wildman–Crippen LogP) is 4.54. The van der Waals surface area contributed by atoms with E-state index in [1.807, 2.05) is 88.4 Å². The fourth-order valence-corrected chi connectivity index (χ4v) is 7.90. The van der Waals surface area contributed by atoms with Crippen LogP contribution in [0.15, 0.2) is 66.8 Å². The number of nitrogens with zero attached hydrogens (tertiary/aromatic N) is 3. The number of carbonyl (C=O) groups excluding carboxylic acids is 3. The molecule has 1 unspecified atom stereocenters. The molecule has 4 heterocycles. The lowest BCUT2D eigenvalue weighted by atomic mass is 9.77. The van der Waals surface area contributed by atoms with Gasteiger partial charge in [-0.2, -0.15) is 0 Å². The number of amides is 3. The Morgan fingerprint density at radius 3 is 2.42 bits per heavy atom. The van der Waals surface area contributed by atoms with Crippen molar-refractivity contribution in [3.05, 3.63) is 77.4 Å². The number of hydrogen-bond donors (Lipinski definition) is 1. The van der Waals surface area contributed by atoms with Crippen LogP contribution in [0.2, 0.25) is 5.02 Å². The molecule has 6 rings (SSSR count). The third-order valence-corrected chi connectivity index (χ3v) is 9.67. The van der Waals surface area contributed by atoms with Crippen LogP contribution in [-0.2, 0) is 19.1 Å². The van der Waals surface area contributed by atoms with Crippen molar-refractivity contribution in [2.24, 2.45) is 17.8 Å². The van der Waals surface area contributed by atoms with Crippen molar-refractivity contribution in [2.45, 2.75) is 57.9 Å². The van der Waals surface area contributed by atoms with Crippen LogP contribution in [-0.4, -0.2) is 77.8 Å². The summed E-state index contributed by atoms with van der Waals surface area (Å²) < 4.78 is 12.4. The zero-order valence-electron chi connectivity index (χ0n) is 26.1. The van der Waals surface area contributed by atoms with Crippen molar-refractivity contribution in [2.75, 3.05) is 36.1 Å². The van der Waals surface area contributed by atoms with Crippen LogP contribution in [0.1, 0.15) is 32.8 Å². The van der Waals surface area contributed by atoms with Crippen LogP contribution in [0.3, 0.4) is 0 Å². The van der Waals surface area contributed by atoms with E-state index in [1.54, 1.807) is 15.9 Å². The van der Waals surface area contributed by atoms with E-state index in [-0.39, 0.29) is 36.8 Å². The molecule has 1 N–H and O–H groups in total. The molecule has 2 saturated heterocycles. The zero-order chi connectivity index (χ0) is 32.0. The van der Waals surface area contributed by atoms with Gasteiger partial charge in [0.25, 0.3) is 5.91 Å². The molecule has 2 fully saturated rings. The molecule has 9 nitrogen and oxygen atoms in total. The lowest BCUT2D eigenvalue weighted by Crippen LogP contribution is -2.58. The smallest absolute Gasteiger partial charge is 0.253 e. The summed E-state index contributed by atoms with van der Waals surface area (Å²) in [5.74, 6) is -1.98. The first-order valence-corrected chi connectivity index (χ1v) is 16.1. The summed E-state index contributed by atoms with van der Waals surface area (Å²) in [5.41, 5.74) is 0.639. The third-order valence-electron chi connectivity index (χ3n) is 9.36. The maximum absolute atomic E-state index is 14.8. The predicted molar refractivity (Wildman–Crippen MR) is 172 cm³/mol.